The molecule has 1 saturated heterocycles. The van der Waals surface area contributed by atoms with Crippen LogP contribution in [0.4, 0.5) is 0 Å². The van der Waals surface area contributed by atoms with Gasteiger partial charge in [-0.25, -0.2) is 0 Å². The third-order valence-electron chi connectivity index (χ3n) is 4.09. The molecule has 1 aliphatic heterocycles. The molecule has 6 heteroatoms. The standard InChI is InChI=1S/C17H20N2O4/c20-16(4-3-15-2-1-10-23-15)18-14-5-8-19(9-6-14)17(21)13-7-11-22-12-13/h1-2,7,10-12,14H,3-6,8-9H2,(H,18,20). The number of rotatable bonds is 5. The summed E-state index contributed by atoms with van der Waals surface area (Å²) < 4.78 is 10.2. The number of piperidine rings is 1. The summed E-state index contributed by atoms with van der Waals surface area (Å²) >= 11 is 0. The molecule has 1 aliphatic rings. The quantitative estimate of drug-likeness (QED) is 0.918. The molecule has 3 rings (SSSR count). The molecule has 0 saturated carbocycles. The maximum atomic E-state index is 12.2. The minimum Gasteiger partial charge on any atom is -0.472 e. The van der Waals surface area contributed by atoms with E-state index in [1.807, 2.05) is 12.1 Å². The van der Waals surface area contributed by atoms with Crippen molar-refractivity contribution in [1.82, 2.24) is 10.2 Å². The molecule has 0 radical (unpaired) electrons. The lowest BCUT2D eigenvalue weighted by molar-refractivity contribution is -0.122. The minimum atomic E-state index is -0.0126. The van der Waals surface area contributed by atoms with Crippen LogP contribution < -0.4 is 5.32 Å². The van der Waals surface area contributed by atoms with Gasteiger partial charge in [-0.2, -0.15) is 0 Å². The monoisotopic (exact) mass is 316 g/mol. The van der Waals surface area contributed by atoms with Crippen LogP contribution in [0.25, 0.3) is 0 Å². The Labute approximate surface area is 134 Å². The van der Waals surface area contributed by atoms with Gasteiger partial charge in [-0.3, -0.25) is 9.59 Å². The number of nitrogens with one attached hydrogen (secondary N) is 1. The average Bonchev–Trinajstić information content (AvgIpc) is 3.26. The van der Waals surface area contributed by atoms with Crippen molar-refractivity contribution in [3.8, 4) is 0 Å². The van der Waals surface area contributed by atoms with Gasteiger partial charge in [0.1, 0.15) is 12.0 Å². The number of hydrogen-bond donors (Lipinski definition) is 1. The summed E-state index contributed by atoms with van der Waals surface area (Å²) in [5, 5.41) is 3.04. The highest BCUT2D eigenvalue weighted by atomic mass is 16.3. The summed E-state index contributed by atoms with van der Waals surface area (Å²) in [7, 11) is 0. The Hall–Kier alpha value is -2.50. The van der Waals surface area contributed by atoms with Crippen LogP contribution in [-0.2, 0) is 11.2 Å². The lowest BCUT2D eigenvalue weighted by Crippen LogP contribution is -2.46. The van der Waals surface area contributed by atoms with E-state index in [1.54, 1.807) is 17.2 Å². The number of amides is 2. The van der Waals surface area contributed by atoms with Crippen LogP contribution in [0.1, 0.15) is 35.4 Å². The molecule has 3 heterocycles. The normalized spacial score (nSPS) is 15.6. The van der Waals surface area contributed by atoms with Crippen LogP contribution >= 0.6 is 0 Å². The van der Waals surface area contributed by atoms with Gasteiger partial charge in [-0.1, -0.05) is 0 Å². The van der Waals surface area contributed by atoms with Crippen molar-refractivity contribution in [2.45, 2.75) is 31.7 Å². The van der Waals surface area contributed by atoms with E-state index in [-0.39, 0.29) is 17.9 Å². The number of carbonyl (C=O) groups is 2. The molecular weight excluding hydrogens is 296 g/mol. The lowest BCUT2D eigenvalue weighted by atomic mass is 10.0. The van der Waals surface area contributed by atoms with Crippen LogP contribution in [-0.4, -0.2) is 35.8 Å². The van der Waals surface area contributed by atoms with E-state index in [4.69, 9.17) is 8.83 Å². The fraction of sp³-hybridized carbons (Fsp3) is 0.412. The minimum absolute atomic E-state index is 0.0126. The van der Waals surface area contributed by atoms with Gasteiger partial charge >= 0.3 is 0 Å². The van der Waals surface area contributed by atoms with Crippen molar-refractivity contribution in [3.63, 3.8) is 0 Å². The van der Waals surface area contributed by atoms with Crippen LogP contribution in [0, 0.1) is 0 Å². The zero-order valence-electron chi connectivity index (χ0n) is 12.9. The Morgan fingerprint density at radius 3 is 2.70 bits per heavy atom. The third-order valence-corrected chi connectivity index (χ3v) is 4.09. The lowest BCUT2D eigenvalue weighted by Gasteiger charge is -2.32. The molecule has 122 valence electrons. The molecule has 1 N–H and O–H groups in total. The van der Waals surface area contributed by atoms with E-state index >= 15 is 0 Å². The molecule has 2 aromatic heterocycles. The topological polar surface area (TPSA) is 75.7 Å². The van der Waals surface area contributed by atoms with Gasteiger partial charge < -0.3 is 19.1 Å². The van der Waals surface area contributed by atoms with Gasteiger partial charge in [0, 0.05) is 32.0 Å². The Bertz CT molecular complexity index is 626. The largest absolute Gasteiger partial charge is 0.472 e. The molecule has 6 nitrogen and oxygen atoms in total. The second-order valence-electron chi connectivity index (χ2n) is 5.73. The van der Waals surface area contributed by atoms with Crippen molar-refractivity contribution >= 4 is 11.8 Å². The molecule has 2 amide bonds. The molecule has 0 aromatic carbocycles. The van der Waals surface area contributed by atoms with Crippen molar-refractivity contribution in [2.75, 3.05) is 13.1 Å². The Balaban J connectivity index is 1.40. The van der Waals surface area contributed by atoms with Crippen LogP contribution in [0.15, 0.2) is 45.8 Å². The van der Waals surface area contributed by atoms with Crippen molar-refractivity contribution in [1.29, 1.82) is 0 Å². The highest BCUT2D eigenvalue weighted by Crippen LogP contribution is 2.14. The fourth-order valence-electron chi connectivity index (χ4n) is 2.79. The maximum absolute atomic E-state index is 12.2. The molecule has 0 atom stereocenters. The van der Waals surface area contributed by atoms with Crippen LogP contribution in [0.3, 0.4) is 0 Å². The first-order valence-corrected chi connectivity index (χ1v) is 7.85. The van der Waals surface area contributed by atoms with E-state index in [9.17, 15) is 9.59 Å². The van der Waals surface area contributed by atoms with Crippen molar-refractivity contribution in [2.24, 2.45) is 0 Å². The van der Waals surface area contributed by atoms with Gasteiger partial charge in [0.25, 0.3) is 5.91 Å². The smallest absolute Gasteiger partial charge is 0.257 e. The Morgan fingerprint density at radius 1 is 1.22 bits per heavy atom. The first-order chi connectivity index (χ1) is 11.2. The summed E-state index contributed by atoms with van der Waals surface area (Å²) in [5.41, 5.74) is 0.575. The van der Waals surface area contributed by atoms with Gasteiger partial charge in [0.15, 0.2) is 0 Å². The molecule has 0 unspecified atom stereocenters. The summed E-state index contributed by atoms with van der Waals surface area (Å²) in [6, 6.07) is 5.49. The molecule has 23 heavy (non-hydrogen) atoms. The Kier molecular flexibility index (Phi) is 4.80. The maximum Gasteiger partial charge on any atom is 0.257 e. The molecule has 2 aromatic rings. The van der Waals surface area contributed by atoms with Crippen molar-refractivity contribution < 1.29 is 18.4 Å². The van der Waals surface area contributed by atoms with Gasteiger partial charge in [0.05, 0.1) is 18.1 Å². The van der Waals surface area contributed by atoms with E-state index in [0.29, 0.717) is 31.5 Å². The number of nitrogens with zero attached hydrogens (tertiary/aromatic N) is 1. The second-order valence-corrected chi connectivity index (χ2v) is 5.73. The zero-order chi connectivity index (χ0) is 16.1. The first kappa shape index (κ1) is 15.4. The van der Waals surface area contributed by atoms with Gasteiger partial charge in [0.2, 0.25) is 5.91 Å². The summed E-state index contributed by atoms with van der Waals surface area (Å²) in [6.45, 7) is 1.29. The fourth-order valence-corrected chi connectivity index (χ4v) is 2.79. The van der Waals surface area contributed by atoms with E-state index in [1.165, 1.54) is 12.5 Å². The molecule has 0 spiro atoms. The molecule has 0 bridgehead atoms. The van der Waals surface area contributed by atoms with Gasteiger partial charge in [-0.15, -0.1) is 0 Å². The first-order valence-electron chi connectivity index (χ1n) is 7.85. The number of furan rings is 2. The van der Waals surface area contributed by atoms with E-state index in [2.05, 4.69) is 5.32 Å². The highest BCUT2D eigenvalue weighted by Gasteiger charge is 2.24. The third kappa shape index (κ3) is 4.03. The van der Waals surface area contributed by atoms with Crippen molar-refractivity contribution in [3.05, 3.63) is 48.3 Å². The molecule has 0 aliphatic carbocycles. The molecule has 1 fully saturated rings. The van der Waals surface area contributed by atoms with Gasteiger partial charge in [-0.05, 0) is 31.0 Å². The number of hydrogen-bond acceptors (Lipinski definition) is 4. The Morgan fingerprint density at radius 2 is 2.04 bits per heavy atom. The SMILES string of the molecule is O=C(CCc1ccco1)NC1CCN(C(=O)c2ccoc2)CC1. The van der Waals surface area contributed by atoms with E-state index in [0.717, 1.165) is 18.6 Å². The predicted molar refractivity (Wildman–Crippen MR) is 82.8 cm³/mol. The summed E-state index contributed by atoms with van der Waals surface area (Å²) in [6.07, 6.45) is 7.15. The zero-order valence-corrected chi connectivity index (χ0v) is 12.9. The van der Waals surface area contributed by atoms with Crippen LogP contribution in [0.2, 0.25) is 0 Å². The second kappa shape index (κ2) is 7.17. The van der Waals surface area contributed by atoms with Crippen LogP contribution in [0.5, 0.6) is 0 Å². The number of aryl methyl sites for hydroxylation is 1. The van der Waals surface area contributed by atoms with E-state index < -0.39 is 0 Å². The number of carbonyl (C=O) groups excluding carboxylic acids is 2. The number of likely N-dealkylation sites (tertiary alicyclic amines) is 1. The summed E-state index contributed by atoms with van der Waals surface area (Å²) in [5.74, 6) is 0.836. The molecular formula is C17H20N2O4. The summed E-state index contributed by atoms with van der Waals surface area (Å²) in [4.78, 5) is 26.0. The average molecular weight is 316 g/mol. The predicted octanol–water partition coefficient (Wildman–Crippen LogP) is 2.23. The highest BCUT2D eigenvalue weighted by molar-refractivity contribution is 5.93.